The number of ether oxygens (including phenoxy) is 2. The Balaban J connectivity index is 0.00000180. The van der Waals surface area contributed by atoms with E-state index in [2.05, 4.69) is 10.6 Å². The topological polar surface area (TPSA) is 59.6 Å². The molecule has 2 rings (SSSR count). The van der Waals surface area contributed by atoms with Crippen molar-refractivity contribution < 1.29 is 14.3 Å². The third kappa shape index (κ3) is 4.61. The molecule has 1 amide bonds. The highest BCUT2D eigenvalue weighted by atomic mass is 35.5. The third-order valence-electron chi connectivity index (χ3n) is 2.88. The molecule has 1 fully saturated rings. The van der Waals surface area contributed by atoms with Crippen molar-refractivity contribution in [2.24, 2.45) is 5.92 Å². The van der Waals surface area contributed by atoms with Crippen molar-refractivity contribution in [1.29, 1.82) is 0 Å². The van der Waals surface area contributed by atoms with Crippen molar-refractivity contribution in [3.8, 4) is 11.5 Å². The lowest BCUT2D eigenvalue weighted by molar-refractivity contribution is -0.123. The van der Waals surface area contributed by atoms with Gasteiger partial charge in [0.05, 0.1) is 7.11 Å². The number of rotatable bonds is 6. The molecule has 0 unspecified atom stereocenters. The number of methoxy groups -OCH3 is 1. The van der Waals surface area contributed by atoms with E-state index in [1.807, 2.05) is 12.1 Å². The molecule has 1 aromatic rings. The Morgan fingerprint density at radius 1 is 1.37 bits per heavy atom. The number of carbonyl (C=O) groups is 1. The maximum Gasteiger partial charge on any atom is 0.257 e. The Morgan fingerprint density at radius 2 is 2.05 bits per heavy atom. The lowest BCUT2D eigenvalue weighted by atomic mass is 10.0. The molecule has 1 aromatic carbocycles. The molecule has 0 aromatic heterocycles. The summed E-state index contributed by atoms with van der Waals surface area (Å²) >= 11 is 0. The van der Waals surface area contributed by atoms with Crippen LogP contribution in [0.4, 0.5) is 0 Å². The van der Waals surface area contributed by atoms with Gasteiger partial charge in [-0.05, 0) is 12.1 Å². The number of para-hydroxylation sites is 2. The molecule has 1 aliphatic heterocycles. The van der Waals surface area contributed by atoms with Crippen LogP contribution in [0.2, 0.25) is 0 Å². The number of hydrogen-bond acceptors (Lipinski definition) is 4. The summed E-state index contributed by atoms with van der Waals surface area (Å²) in [6, 6.07) is 7.28. The second-order valence-corrected chi connectivity index (χ2v) is 4.27. The van der Waals surface area contributed by atoms with E-state index in [9.17, 15) is 4.79 Å². The molecule has 0 bridgehead atoms. The van der Waals surface area contributed by atoms with Crippen molar-refractivity contribution in [1.82, 2.24) is 10.6 Å². The zero-order valence-electron chi connectivity index (χ0n) is 10.8. The van der Waals surface area contributed by atoms with E-state index < -0.39 is 0 Å². The van der Waals surface area contributed by atoms with Crippen LogP contribution in [0.15, 0.2) is 24.3 Å². The van der Waals surface area contributed by atoms with E-state index in [1.54, 1.807) is 19.2 Å². The van der Waals surface area contributed by atoms with E-state index >= 15 is 0 Å². The first kappa shape index (κ1) is 15.6. The lowest BCUT2D eigenvalue weighted by Crippen LogP contribution is -2.48. The number of halogens is 1. The van der Waals surface area contributed by atoms with Crippen molar-refractivity contribution >= 4 is 18.3 Å². The first-order valence-electron chi connectivity index (χ1n) is 6.03. The van der Waals surface area contributed by atoms with Crippen LogP contribution in [0.5, 0.6) is 11.5 Å². The average Bonchev–Trinajstić information content (AvgIpc) is 2.35. The van der Waals surface area contributed by atoms with Gasteiger partial charge >= 0.3 is 0 Å². The second-order valence-electron chi connectivity index (χ2n) is 4.27. The number of nitrogens with one attached hydrogen (secondary N) is 2. The number of carbonyl (C=O) groups excluding carboxylic acids is 1. The minimum absolute atomic E-state index is 0. The van der Waals surface area contributed by atoms with Gasteiger partial charge in [-0.3, -0.25) is 4.79 Å². The zero-order chi connectivity index (χ0) is 12.8. The Hall–Kier alpha value is -1.46. The Labute approximate surface area is 119 Å². The third-order valence-corrected chi connectivity index (χ3v) is 2.88. The summed E-state index contributed by atoms with van der Waals surface area (Å²) in [7, 11) is 1.58. The van der Waals surface area contributed by atoms with Gasteiger partial charge in [0.1, 0.15) is 0 Å². The largest absolute Gasteiger partial charge is 0.493 e. The predicted molar refractivity (Wildman–Crippen MR) is 75.1 cm³/mol. The maximum absolute atomic E-state index is 11.6. The molecule has 6 heteroatoms. The van der Waals surface area contributed by atoms with Crippen molar-refractivity contribution in [3.63, 3.8) is 0 Å². The number of hydrogen-bond donors (Lipinski definition) is 2. The summed E-state index contributed by atoms with van der Waals surface area (Å²) in [4.78, 5) is 11.6. The lowest BCUT2D eigenvalue weighted by Gasteiger charge is -2.27. The van der Waals surface area contributed by atoms with Crippen LogP contribution in [-0.4, -0.2) is 39.3 Å². The quantitative estimate of drug-likeness (QED) is 0.813. The van der Waals surface area contributed by atoms with Crippen LogP contribution in [-0.2, 0) is 4.79 Å². The van der Waals surface area contributed by atoms with Gasteiger partial charge in [0.15, 0.2) is 18.1 Å². The number of amides is 1. The van der Waals surface area contributed by atoms with Gasteiger partial charge in [0.25, 0.3) is 5.91 Å². The first-order valence-corrected chi connectivity index (χ1v) is 6.03. The van der Waals surface area contributed by atoms with Gasteiger partial charge in [0.2, 0.25) is 0 Å². The summed E-state index contributed by atoms with van der Waals surface area (Å²) in [5.74, 6) is 1.67. The molecule has 0 atom stereocenters. The molecule has 1 saturated heterocycles. The fourth-order valence-electron chi connectivity index (χ4n) is 1.68. The van der Waals surface area contributed by atoms with Crippen molar-refractivity contribution in [3.05, 3.63) is 24.3 Å². The normalized spacial score (nSPS) is 13.9. The molecule has 5 nitrogen and oxygen atoms in total. The molecule has 0 radical (unpaired) electrons. The van der Waals surface area contributed by atoms with Crippen molar-refractivity contribution in [2.75, 3.05) is 33.4 Å². The highest BCUT2D eigenvalue weighted by Crippen LogP contribution is 2.25. The van der Waals surface area contributed by atoms with Crippen LogP contribution >= 0.6 is 12.4 Å². The standard InChI is InChI=1S/C13H18N2O3.ClH/c1-17-11-4-2-3-5-12(11)18-9-13(16)15-8-10-6-14-7-10;/h2-5,10,14H,6-9H2,1H3,(H,15,16);1H. The van der Waals surface area contributed by atoms with Crippen LogP contribution in [0.1, 0.15) is 0 Å². The first-order chi connectivity index (χ1) is 8.79. The SMILES string of the molecule is COc1ccccc1OCC(=O)NCC1CNC1.Cl. The summed E-state index contributed by atoms with van der Waals surface area (Å²) in [5, 5.41) is 6.01. The van der Waals surface area contributed by atoms with Gasteiger partial charge in [-0.2, -0.15) is 0 Å². The van der Waals surface area contributed by atoms with Gasteiger partial charge in [-0.25, -0.2) is 0 Å². The molecular formula is C13H19ClN2O3. The van der Waals surface area contributed by atoms with Gasteiger partial charge in [-0.1, -0.05) is 12.1 Å². The Kier molecular flexibility index (Phi) is 6.45. The van der Waals surface area contributed by atoms with E-state index in [0.717, 1.165) is 13.1 Å². The highest BCUT2D eigenvalue weighted by Gasteiger charge is 2.17. The van der Waals surface area contributed by atoms with Crippen LogP contribution < -0.4 is 20.1 Å². The summed E-state index contributed by atoms with van der Waals surface area (Å²) in [6.45, 7) is 2.68. The second kappa shape index (κ2) is 7.86. The summed E-state index contributed by atoms with van der Waals surface area (Å²) in [6.07, 6.45) is 0. The average molecular weight is 287 g/mol. The molecule has 1 aliphatic rings. The predicted octanol–water partition coefficient (Wildman–Crippen LogP) is 0.831. The highest BCUT2D eigenvalue weighted by molar-refractivity contribution is 5.85. The minimum Gasteiger partial charge on any atom is -0.493 e. The van der Waals surface area contributed by atoms with Gasteiger partial charge in [0, 0.05) is 25.6 Å². The minimum atomic E-state index is -0.104. The molecule has 106 valence electrons. The summed E-state index contributed by atoms with van der Waals surface area (Å²) in [5.41, 5.74) is 0. The van der Waals surface area contributed by atoms with Gasteiger partial charge in [-0.15, -0.1) is 12.4 Å². The van der Waals surface area contributed by atoms with E-state index in [4.69, 9.17) is 9.47 Å². The van der Waals surface area contributed by atoms with Crippen LogP contribution in [0, 0.1) is 5.92 Å². The molecule has 0 aliphatic carbocycles. The molecule has 2 N–H and O–H groups in total. The van der Waals surface area contributed by atoms with Gasteiger partial charge < -0.3 is 20.1 Å². The fraction of sp³-hybridized carbons (Fsp3) is 0.462. The molecule has 19 heavy (non-hydrogen) atoms. The number of benzene rings is 1. The van der Waals surface area contributed by atoms with Crippen molar-refractivity contribution in [2.45, 2.75) is 0 Å². The monoisotopic (exact) mass is 286 g/mol. The molecular weight excluding hydrogens is 268 g/mol. The molecule has 1 heterocycles. The molecule has 0 saturated carbocycles. The Bertz CT molecular complexity index is 411. The maximum atomic E-state index is 11.6. The summed E-state index contributed by atoms with van der Waals surface area (Å²) < 4.78 is 10.6. The fourth-order valence-corrected chi connectivity index (χ4v) is 1.68. The van der Waals surface area contributed by atoms with E-state index in [-0.39, 0.29) is 24.9 Å². The van der Waals surface area contributed by atoms with Crippen LogP contribution in [0.3, 0.4) is 0 Å². The Morgan fingerprint density at radius 3 is 2.63 bits per heavy atom. The molecule has 0 spiro atoms. The smallest absolute Gasteiger partial charge is 0.257 e. The van der Waals surface area contributed by atoms with E-state index in [1.165, 1.54) is 0 Å². The van der Waals surface area contributed by atoms with Crippen LogP contribution in [0.25, 0.3) is 0 Å². The van der Waals surface area contributed by atoms with E-state index in [0.29, 0.717) is 24.0 Å². The zero-order valence-corrected chi connectivity index (χ0v) is 11.7.